The third kappa shape index (κ3) is 4.75. The van der Waals surface area contributed by atoms with Crippen LogP contribution in [0.5, 0.6) is 0 Å². The van der Waals surface area contributed by atoms with Gasteiger partial charge in [0.05, 0.1) is 6.33 Å². The van der Waals surface area contributed by atoms with E-state index in [1.54, 1.807) is 0 Å². The van der Waals surface area contributed by atoms with E-state index < -0.39 is 0 Å². The van der Waals surface area contributed by atoms with Crippen molar-refractivity contribution in [2.24, 2.45) is 5.73 Å². The minimum absolute atomic E-state index is 0.127. The molecule has 2 heterocycles. The highest BCUT2D eigenvalue weighted by molar-refractivity contribution is 5.84. The first kappa shape index (κ1) is 22.3. The van der Waals surface area contributed by atoms with Crippen LogP contribution >= 0.6 is 0 Å². The van der Waals surface area contributed by atoms with Gasteiger partial charge < -0.3 is 20.9 Å². The molecule has 0 unspecified atom stereocenters. The standard InChI is InChI=1S/C27H33N7/c1-18(2)34-17-30-24-25(32-27(33-26(24)34)31-23-11-7-6-10-22(23)28)29-16-19-12-14-21(15-13-19)20-8-4-3-5-9-20/h3-5,8-9,12-15,17-18,22-23H,6-7,10-11,16,28H2,1-2H3,(H2,29,31,32,33)/t22-,23-/m1/s1. The van der Waals surface area contributed by atoms with Crippen LogP contribution in [0.1, 0.15) is 51.1 Å². The Bertz CT molecular complexity index is 1230. The van der Waals surface area contributed by atoms with Crippen molar-refractivity contribution in [2.75, 3.05) is 10.6 Å². The normalized spacial score (nSPS) is 18.4. The minimum Gasteiger partial charge on any atom is -0.364 e. The summed E-state index contributed by atoms with van der Waals surface area (Å²) in [6, 6.07) is 19.6. The van der Waals surface area contributed by atoms with Gasteiger partial charge in [0.2, 0.25) is 5.95 Å². The molecule has 1 fully saturated rings. The molecule has 7 nitrogen and oxygen atoms in total. The fourth-order valence-corrected chi connectivity index (χ4v) is 4.62. The summed E-state index contributed by atoms with van der Waals surface area (Å²) in [5, 5.41) is 7.02. The molecule has 176 valence electrons. The zero-order chi connectivity index (χ0) is 23.5. The SMILES string of the molecule is CC(C)n1cnc2c(NCc3ccc(-c4ccccc4)cc3)nc(N[C@@H]3CCCC[C@H]3N)nc21. The summed E-state index contributed by atoms with van der Waals surface area (Å²) in [6.07, 6.45) is 6.30. The van der Waals surface area contributed by atoms with E-state index in [0.717, 1.165) is 29.8 Å². The monoisotopic (exact) mass is 455 g/mol. The van der Waals surface area contributed by atoms with E-state index in [1.807, 2.05) is 12.4 Å². The Kier molecular flexibility index (Phi) is 6.45. The highest BCUT2D eigenvalue weighted by Crippen LogP contribution is 2.26. The van der Waals surface area contributed by atoms with Crippen LogP contribution in [0.3, 0.4) is 0 Å². The Morgan fingerprint density at radius 3 is 2.44 bits per heavy atom. The molecular formula is C27H33N7. The first-order valence-corrected chi connectivity index (χ1v) is 12.2. The number of nitrogens with one attached hydrogen (secondary N) is 2. The number of hydrogen-bond acceptors (Lipinski definition) is 6. The second-order valence-electron chi connectivity index (χ2n) is 9.43. The van der Waals surface area contributed by atoms with E-state index in [0.29, 0.717) is 12.5 Å². The van der Waals surface area contributed by atoms with Crippen molar-refractivity contribution >= 4 is 22.9 Å². The number of imidazole rings is 1. The third-order valence-corrected chi connectivity index (χ3v) is 6.63. The molecule has 34 heavy (non-hydrogen) atoms. The summed E-state index contributed by atoms with van der Waals surface area (Å²) in [5.41, 5.74) is 11.6. The van der Waals surface area contributed by atoms with E-state index in [9.17, 15) is 0 Å². The fraction of sp³-hybridized carbons (Fsp3) is 0.370. The van der Waals surface area contributed by atoms with Crippen molar-refractivity contribution in [2.45, 2.75) is 64.2 Å². The minimum atomic E-state index is 0.127. The molecule has 2 aromatic carbocycles. The van der Waals surface area contributed by atoms with Crippen LogP contribution in [0.4, 0.5) is 11.8 Å². The van der Waals surface area contributed by atoms with Crippen molar-refractivity contribution in [3.8, 4) is 11.1 Å². The van der Waals surface area contributed by atoms with E-state index in [1.165, 1.54) is 29.5 Å². The number of nitrogens with two attached hydrogens (primary N) is 1. The number of fused-ring (bicyclic) bond motifs is 1. The van der Waals surface area contributed by atoms with Crippen LogP contribution in [0, 0.1) is 0 Å². The van der Waals surface area contributed by atoms with E-state index in [4.69, 9.17) is 15.7 Å². The molecule has 4 N–H and O–H groups in total. The first-order chi connectivity index (χ1) is 16.6. The second-order valence-corrected chi connectivity index (χ2v) is 9.43. The summed E-state index contributed by atoms with van der Waals surface area (Å²) in [7, 11) is 0. The van der Waals surface area contributed by atoms with Gasteiger partial charge in [0.1, 0.15) is 0 Å². The lowest BCUT2D eigenvalue weighted by Crippen LogP contribution is -2.43. The summed E-state index contributed by atoms with van der Waals surface area (Å²) in [4.78, 5) is 14.3. The molecule has 1 aliphatic rings. The summed E-state index contributed by atoms with van der Waals surface area (Å²) >= 11 is 0. The van der Waals surface area contributed by atoms with Gasteiger partial charge in [0, 0.05) is 24.7 Å². The van der Waals surface area contributed by atoms with Crippen molar-refractivity contribution in [1.82, 2.24) is 19.5 Å². The number of aromatic nitrogens is 4. The molecule has 0 saturated heterocycles. The Hall–Kier alpha value is -3.45. The zero-order valence-electron chi connectivity index (χ0n) is 19.9. The van der Waals surface area contributed by atoms with Crippen molar-refractivity contribution < 1.29 is 0 Å². The molecule has 4 aromatic rings. The largest absolute Gasteiger partial charge is 0.364 e. The average Bonchev–Trinajstić information content (AvgIpc) is 3.29. The van der Waals surface area contributed by atoms with Crippen LogP contribution in [0.2, 0.25) is 0 Å². The Morgan fingerprint density at radius 1 is 0.971 bits per heavy atom. The lowest BCUT2D eigenvalue weighted by Gasteiger charge is -2.29. The van der Waals surface area contributed by atoms with Gasteiger partial charge in [-0.2, -0.15) is 9.97 Å². The van der Waals surface area contributed by atoms with E-state index in [-0.39, 0.29) is 18.1 Å². The molecule has 0 spiro atoms. The second kappa shape index (κ2) is 9.81. The molecule has 2 atom stereocenters. The highest BCUT2D eigenvalue weighted by atomic mass is 15.2. The topological polar surface area (TPSA) is 93.7 Å². The molecule has 2 aromatic heterocycles. The quantitative estimate of drug-likeness (QED) is 0.347. The van der Waals surface area contributed by atoms with Gasteiger partial charge in [-0.05, 0) is 43.4 Å². The predicted octanol–water partition coefficient (Wildman–Crippen LogP) is 5.37. The molecule has 0 aliphatic heterocycles. The smallest absolute Gasteiger partial charge is 0.227 e. The Balaban J connectivity index is 1.39. The van der Waals surface area contributed by atoms with Crippen molar-refractivity contribution in [3.05, 3.63) is 66.5 Å². The molecule has 0 bridgehead atoms. The fourth-order valence-electron chi connectivity index (χ4n) is 4.62. The van der Waals surface area contributed by atoms with Gasteiger partial charge in [-0.25, -0.2) is 4.98 Å². The number of rotatable bonds is 7. The van der Waals surface area contributed by atoms with E-state index >= 15 is 0 Å². The van der Waals surface area contributed by atoms with Crippen LogP contribution in [0.25, 0.3) is 22.3 Å². The van der Waals surface area contributed by atoms with Gasteiger partial charge in [-0.3, -0.25) is 0 Å². The predicted molar refractivity (Wildman–Crippen MR) is 139 cm³/mol. The summed E-state index contributed by atoms with van der Waals surface area (Å²) in [6.45, 7) is 4.92. The molecule has 0 amide bonds. The maximum Gasteiger partial charge on any atom is 0.227 e. The molecule has 7 heteroatoms. The molecule has 1 saturated carbocycles. The van der Waals surface area contributed by atoms with Crippen LogP contribution in [0.15, 0.2) is 60.9 Å². The maximum atomic E-state index is 6.37. The van der Waals surface area contributed by atoms with Gasteiger partial charge in [0.25, 0.3) is 0 Å². The lowest BCUT2D eigenvalue weighted by molar-refractivity contribution is 0.402. The number of benzene rings is 2. The zero-order valence-corrected chi connectivity index (χ0v) is 19.9. The van der Waals surface area contributed by atoms with Gasteiger partial charge in [-0.1, -0.05) is 67.4 Å². The van der Waals surface area contributed by atoms with Gasteiger partial charge in [-0.15, -0.1) is 0 Å². The van der Waals surface area contributed by atoms with Crippen molar-refractivity contribution in [3.63, 3.8) is 0 Å². The van der Waals surface area contributed by atoms with E-state index in [2.05, 4.69) is 82.6 Å². The van der Waals surface area contributed by atoms with Crippen LogP contribution in [-0.4, -0.2) is 31.6 Å². The van der Waals surface area contributed by atoms with Crippen LogP contribution in [-0.2, 0) is 6.54 Å². The average molecular weight is 456 g/mol. The highest BCUT2D eigenvalue weighted by Gasteiger charge is 2.23. The summed E-state index contributed by atoms with van der Waals surface area (Å²) in [5.74, 6) is 1.35. The molecule has 5 rings (SSSR count). The molecule has 1 aliphatic carbocycles. The van der Waals surface area contributed by atoms with Crippen molar-refractivity contribution in [1.29, 1.82) is 0 Å². The Morgan fingerprint density at radius 2 is 1.71 bits per heavy atom. The molecular weight excluding hydrogens is 422 g/mol. The Labute approximate surface area is 200 Å². The maximum absolute atomic E-state index is 6.37. The number of nitrogens with zero attached hydrogens (tertiary/aromatic N) is 4. The van der Waals surface area contributed by atoms with Gasteiger partial charge >= 0.3 is 0 Å². The third-order valence-electron chi connectivity index (χ3n) is 6.63. The molecule has 0 radical (unpaired) electrons. The van der Waals surface area contributed by atoms with Gasteiger partial charge in [0.15, 0.2) is 17.0 Å². The first-order valence-electron chi connectivity index (χ1n) is 12.2. The number of hydrogen-bond donors (Lipinski definition) is 3. The van der Waals surface area contributed by atoms with Crippen LogP contribution < -0.4 is 16.4 Å². The number of anilines is 2. The summed E-state index contributed by atoms with van der Waals surface area (Å²) < 4.78 is 2.09. The lowest BCUT2D eigenvalue weighted by atomic mass is 9.91.